The van der Waals surface area contributed by atoms with Crippen LogP contribution in [0, 0.1) is 11.6 Å². The summed E-state index contributed by atoms with van der Waals surface area (Å²) in [5.74, 6) is -1.61. The fourth-order valence-corrected chi connectivity index (χ4v) is 2.01. The third kappa shape index (κ3) is 4.60. The lowest BCUT2D eigenvalue weighted by Gasteiger charge is -2.05. The Bertz CT molecular complexity index is 815. The maximum absolute atomic E-state index is 13.1. The molecule has 6 heteroatoms. The molecule has 120 valence electrons. The van der Waals surface area contributed by atoms with Gasteiger partial charge in [-0.2, -0.15) is 0 Å². The third-order valence-corrected chi connectivity index (χ3v) is 3.10. The zero-order chi connectivity index (χ0) is 16.8. The number of carbonyl (C=O) groups is 1. The number of nitrogens with zero attached hydrogens (tertiary/aromatic N) is 2. The van der Waals surface area contributed by atoms with Crippen LogP contribution in [0.4, 0.5) is 8.78 Å². The standard InChI is InChI=1S/C14H10F2N2.C3H6O2/c15-12-3-1-2-10(6-12)9-18-5-4-11-7-13(16)8-17-14(11)18;1-2-3(4)5/h1-8H,9H2;2H2,1H3,(H,4,5)/p-1. The molecule has 2 aromatic heterocycles. The van der Waals surface area contributed by atoms with Gasteiger partial charge < -0.3 is 14.5 Å². The molecule has 0 amide bonds. The number of fused-ring (bicyclic) bond motifs is 1. The first kappa shape index (κ1) is 16.6. The van der Waals surface area contributed by atoms with E-state index in [1.807, 2.05) is 16.8 Å². The van der Waals surface area contributed by atoms with E-state index in [0.29, 0.717) is 12.2 Å². The number of carbonyl (C=O) groups excluding carboxylic acids is 1. The highest BCUT2D eigenvalue weighted by atomic mass is 19.1. The number of halogens is 2. The van der Waals surface area contributed by atoms with E-state index in [4.69, 9.17) is 0 Å². The number of pyridine rings is 1. The van der Waals surface area contributed by atoms with Crippen LogP contribution in [0.2, 0.25) is 0 Å². The van der Waals surface area contributed by atoms with Crippen molar-refractivity contribution in [2.45, 2.75) is 19.9 Å². The van der Waals surface area contributed by atoms with Crippen molar-refractivity contribution in [3.05, 3.63) is 66.0 Å². The van der Waals surface area contributed by atoms with Crippen molar-refractivity contribution < 1.29 is 18.7 Å². The zero-order valence-electron chi connectivity index (χ0n) is 12.5. The number of carboxylic acids is 1. The number of benzene rings is 1. The molecule has 0 aliphatic heterocycles. The first-order valence-electron chi connectivity index (χ1n) is 7.04. The van der Waals surface area contributed by atoms with Crippen LogP contribution >= 0.6 is 0 Å². The number of hydrogen-bond acceptors (Lipinski definition) is 3. The van der Waals surface area contributed by atoms with Crippen LogP contribution < -0.4 is 5.11 Å². The molecule has 0 radical (unpaired) electrons. The normalized spacial score (nSPS) is 10.2. The number of hydrogen-bond donors (Lipinski definition) is 0. The summed E-state index contributed by atoms with van der Waals surface area (Å²) in [4.78, 5) is 13.3. The summed E-state index contributed by atoms with van der Waals surface area (Å²) in [7, 11) is 0. The van der Waals surface area contributed by atoms with Gasteiger partial charge in [0.15, 0.2) is 0 Å². The highest BCUT2D eigenvalue weighted by Crippen LogP contribution is 2.16. The van der Waals surface area contributed by atoms with E-state index in [2.05, 4.69) is 4.98 Å². The number of aliphatic carboxylic acids is 1. The fourth-order valence-electron chi connectivity index (χ4n) is 2.01. The van der Waals surface area contributed by atoms with Crippen molar-refractivity contribution in [1.29, 1.82) is 0 Å². The summed E-state index contributed by atoms with van der Waals surface area (Å²) in [6, 6.07) is 9.64. The van der Waals surface area contributed by atoms with Crippen LogP contribution in [0.1, 0.15) is 18.9 Å². The molecule has 0 unspecified atom stereocenters. The molecule has 0 bridgehead atoms. The van der Waals surface area contributed by atoms with Gasteiger partial charge in [-0.05, 0) is 36.2 Å². The minimum Gasteiger partial charge on any atom is -0.550 e. The summed E-state index contributed by atoms with van der Waals surface area (Å²) in [5.41, 5.74) is 1.54. The Labute approximate surface area is 132 Å². The van der Waals surface area contributed by atoms with E-state index in [9.17, 15) is 18.7 Å². The summed E-state index contributed by atoms with van der Waals surface area (Å²) in [5, 5.41) is 10.00. The van der Waals surface area contributed by atoms with Crippen molar-refractivity contribution >= 4 is 17.0 Å². The second-order valence-electron chi connectivity index (χ2n) is 4.87. The summed E-state index contributed by atoms with van der Waals surface area (Å²) < 4.78 is 28.0. The molecule has 0 aliphatic carbocycles. The number of carboxylic acid groups (broad SMARTS) is 1. The average molecular weight is 317 g/mol. The van der Waals surface area contributed by atoms with Gasteiger partial charge in [-0.25, -0.2) is 13.8 Å². The Kier molecular flexibility index (Phi) is 5.41. The molecule has 3 aromatic rings. The number of aromatic nitrogens is 2. The fraction of sp³-hybridized carbons (Fsp3) is 0.176. The smallest absolute Gasteiger partial charge is 0.142 e. The lowest BCUT2D eigenvalue weighted by Crippen LogP contribution is -2.19. The van der Waals surface area contributed by atoms with E-state index in [1.165, 1.54) is 31.3 Å². The molecule has 3 rings (SSSR count). The SMILES string of the molecule is CCC(=O)[O-].Fc1cccc(Cn2ccc3cc(F)cnc32)c1. The molecule has 0 N–H and O–H groups in total. The Morgan fingerprint density at radius 3 is 2.61 bits per heavy atom. The van der Waals surface area contributed by atoms with Gasteiger partial charge in [-0.3, -0.25) is 0 Å². The van der Waals surface area contributed by atoms with Crippen molar-refractivity contribution in [2.75, 3.05) is 0 Å². The monoisotopic (exact) mass is 317 g/mol. The maximum Gasteiger partial charge on any atom is 0.142 e. The molecular weight excluding hydrogens is 302 g/mol. The van der Waals surface area contributed by atoms with Crippen LogP contribution in [-0.2, 0) is 11.3 Å². The summed E-state index contributed by atoms with van der Waals surface area (Å²) >= 11 is 0. The van der Waals surface area contributed by atoms with Crippen molar-refractivity contribution in [2.24, 2.45) is 0 Å². The minimum atomic E-state index is -0.995. The third-order valence-electron chi connectivity index (χ3n) is 3.10. The lowest BCUT2D eigenvalue weighted by molar-refractivity contribution is -0.305. The van der Waals surface area contributed by atoms with Gasteiger partial charge in [0, 0.05) is 24.1 Å². The first-order valence-corrected chi connectivity index (χ1v) is 7.04. The van der Waals surface area contributed by atoms with Crippen molar-refractivity contribution in [3.63, 3.8) is 0 Å². The predicted octanol–water partition coefficient (Wildman–Crippen LogP) is 2.51. The molecule has 0 spiro atoms. The average Bonchev–Trinajstić information content (AvgIpc) is 2.90. The van der Waals surface area contributed by atoms with Crippen molar-refractivity contribution in [1.82, 2.24) is 9.55 Å². The van der Waals surface area contributed by atoms with E-state index >= 15 is 0 Å². The van der Waals surface area contributed by atoms with Crippen molar-refractivity contribution in [3.8, 4) is 0 Å². The molecule has 0 aliphatic rings. The van der Waals surface area contributed by atoms with Gasteiger partial charge >= 0.3 is 0 Å². The maximum atomic E-state index is 13.1. The van der Waals surface area contributed by atoms with Crippen LogP contribution in [0.25, 0.3) is 11.0 Å². The van der Waals surface area contributed by atoms with Gasteiger partial charge in [0.05, 0.1) is 6.20 Å². The first-order chi connectivity index (χ1) is 11.0. The Morgan fingerprint density at radius 1 is 1.22 bits per heavy atom. The largest absolute Gasteiger partial charge is 0.550 e. The topological polar surface area (TPSA) is 57.9 Å². The molecule has 0 saturated carbocycles. The van der Waals surface area contributed by atoms with E-state index in [-0.39, 0.29) is 18.1 Å². The lowest BCUT2D eigenvalue weighted by atomic mass is 10.2. The highest BCUT2D eigenvalue weighted by Gasteiger charge is 2.04. The molecule has 1 aromatic carbocycles. The molecule has 23 heavy (non-hydrogen) atoms. The molecule has 0 fully saturated rings. The van der Waals surface area contributed by atoms with E-state index in [0.717, 1.165) is 10.9 Å². The molecule has 0 saturated heterocycles. The Balaban J connectivity index is 0.000000338. The minimum absolute atomic E-state index is 0.111. The molecule has 4 nitrogen and oxygen atoms in total. The van der Waals surface area contributed by atoms with Gasteiger partial charge in [0.25, 0.3) is 0 Å². The van der Waals surface area contributed by atoms with Gasteiger partial charge in [0.2, 0.25) is 0 Å². The van der Waals surface area contributed by atoms with Crippen LogP contribution in [-0.4, -0.2) is 15.5 Å². The summed E-state index contributed by atoms with van der Waals surface area (Å²) in [6.07, 6.45) is 3.12. The number of rotatable bonds is 3. The van der Waals surface area contributed by atoms with Gasteiger partial charge in [-0.15, -0.1) is 0 Å². The van der Waals surface area contributed by atoms with Crippen LogP contribution in [0.15, 0.2) is 48.8 Å². The highest BCUT2D eigenvalue weighted by molar-refractivity contribution is 5.76. The quantitative estimate of drug-likeness (QED) is 0.746. The Morgan fingerprint density at radius 2 is 1.96 bits per heavy atom. The second kappa shape index (κ2) is 7.49. The van der Waals surface area contributed by atoms with Crippen LogP contribution in [0.5, 0.6) is 0 Å². The molecular formula is C17H15F2N2O2-. The summed E-state index contributed by atoms with van der Waals surface area (Å²) in [6.45, 7) is 2.05. The van der Waals surface area contributed by atoms with Gasteiger partial charge in [0.1, 0.15) is 17.3 Å². The van der Waals surface area contributed by atoms with E-state index < -0.39 is 5.97 Å². The molecule has 2 heterocycles. The van der Waals surface area contributed by atoms with Gasteiger partial charge in [-0.1, -0.05) is 19.1 Å². The second-order valence-corrected chi connectivity index (χ2v) is 4.87. The van der Waals surface area contributed by atoms with E-state index in [1.54, 1.807) is 12.1 Å². The predicted molar refractivity (Wildman–Crippen MR) is 80.5 cm³/mol. The molecule has 0 atom stereocenters. The zero-order valence-corrected chi connectivity index (χ0v) is 12.5. The Hall–Kier alpha value is -2.76. The van der Waals surface area contributed by atoms with Crippen LogP contribution in [0.3, 0.4) is 0 Å².